The molecule has 1 N–H and O–H groups in total. The van der Waals surface area contributed by atoms with Crippen molar-refractivity contribution in [2.45, 2.75) is 18.7 Å². The number of hydrogen-bond acceptors (Lipinski definition) is 2. The molecule has 0 bridgehead atoms. The highest BCUT2D eigenvalue weighted by atomic mass is 35.5. The smallest absolute Gasteiger partial charge is 0.262 e. The molecule has 0 aliphatic carbocycles. The number of benzene rings is 2. The second-order valence-electron chi connectivity index (χ2n) is 4.53. The molecule has 0 saturated carbocycles. The number of anilines is 1. The molecule has 6 heteroatoms. The average molecular weight is 330 g/mol. The molecule has 20 heavy (non-hydrogen) atoms. The second-order valence-corrected chi connectivity index (χ2v) is 7.08. The Balaban J connectivity index is 2.40. The largest absolute Gasteiger partial charge is 0.279 e. The lowest BCUT2D eigenvalue weighted by Crippen LogP contribution is -2.13. The number of halogens is 2. The van der Waals surface area contributed by atoms with Crippen LogP contribution in [0.15, 0.2) is 41.3 Å². The maximum Gasteiger partial charge on any atom is 0.262 e. The Morgan fingerprint density at radius 1 is 0.950 bits per heavy atom. The number of rotatable bonds is 3. The van der Waals surface area contributed by atoms with E-state index in [0.29, 0.717) is 5.69 Å². The first-order valence-electron chi connectivity index (χ1n) is 5.84. The summed E-state index contributed by atoms with van der Waals surface area (Å²) in [4.78, 5) is 0.0370. The fourth-order valence-electron chi connectivity index (χ4n) is 1.82. The van der Waals surface area contributed by atoms with Crippen LogP contribution in [0.5, 0.6) is 0 Å². The van der Waals surface area contributed by atoms with Crippen LogP contribution in [0.4, 0.5) is 5.69 Å². The van der Waals surface area contributed by atoms with Crippen LogP contribution in [-0.4, -0.2) is 8.42 Å². The van der Waals surface area contributed by atoms with Gasteiger partial charge in [0.25, 0.3) is 10.0 Å². The fraction of sp³-hybridized carbons (Fsp3) is 0.143. The summed E-state index contributed by atoms with van der Waals surface area (Å²) in [6.07, 6.45) is 0. The first-order chi connectivity index (χ1) is 9.28. The summed E-state index contributed by atoms with van der Waals surface area (Å²) < 4.78 is 27.2. The summed E-state index contributed by atoms with van der Waals surface area (Å²) in [6.45, 7) is 3.79. The van der Waals surface area contributed by atoms with E-state index in [2.05, 4.69) is 4.72 Å². The molecule has 0 aliphatic heterocycles. The molecule has 2 aromatic carbocycles. The van der Waals surface area contributed by atoms with Gasteiger partial charge in [0, 0.05) is 10.0 Å². The Labute approximate surface area is 128 Å². The van der Waals surface area contributed by atoms with Crippen molar-refractivity contribution in [2.24, 2.45) is 0 Å². The molecule has 0 fully saturated rings. The van der Waals surface area contributed by atoms with Gasteiger partial charge in [-0.15, -0.1) is 0 Å². The molecule has 0 amide bonds. The Hall–Kier alpha value is -1.23. The van der Waals surface area contributed by atoms with Gasteiger partial charge in [-0.25, -0.2) is 8.42 Å². The van der Waals surface area contributed by atoms with Crippen molar-refractivity contribution < 1.29 is 8.42 Å². The Bertz CT molecular complexity index is 738. The van der Waals surface area contributed by atoms with Crippen LogP contribution in [0.25, 0.3) is 0 Å². The molecule has 0 atom stereocenters. The van der Waals surface area contributed by atoms with Gasteiger partial charge in [0.1, 0.15) is 0 Å². The van der Waals surface area contributed by atoms with Gasteiger partial charge in [0.05, 0.1) is 10.6 Å². The lowest BCUT2D eigenvalue weighted by atomic mass is 10.1. The van der Waals surface area contributed by atoms with Crippen LogP contribution in [0.2, 0.25) is 10.0 Å². The predicted octanol–water partition coefficient (Wildman–Crippen LogP) is 4.41. The summed E-state index contributed by atoms with van der Waals surface area (Å²) in [6, 6.07) is 9.69. The van der Waals surface area contributed by atoms with Crippen molar-refractivity contribution in [2.75, 3.05) is 4.72 Å². The monoisotopic (exact) mass is 329 g/mol. The molecule has 3 nitrogen and oxygen atoms in total. The van der Waals surface area contributed by atoms with Crippen LogP contribution < -0.4 is 4.72 Å². The maximum absolute atomic E-state index is 12.3. The van der Waals surface area contributed by atoms with E-state index in [0.717, 1.165) is 11.1 Å². The van der Waals surface area contributed by atoms with E-state index in [9.17, 15) is 8.42 Å². The van der Waals surface area contributed by atoms with E-state index < -0.39 is 10.0 Å². The highest BCUT2D eigenvalue weighted by Gasteiger charge is 2.16. The van der Waals surface area contributed by atoms with Crippen LogP contribution in [0.3, 0.4) is 0 Å². The molecule has 106 valence electrons. The number of aryl methyl sites for hydroxylation is 2. The third-order valence-corrected chi connectivity index (χ3v) is 4.55. The topological polar surface area (TPSA) is 46.2 Å². The van der Waals surface area contributed by atoms with E-state index in [1.807, 2.05) is 26.0 Å². The third-order valence-electron chi connectivity index (χ3n) is 2.77. The molecular formula is C14H13Cl2NO2S. The van der Waals surface area contributed by atoms with Gasteiger partial charge in [0.15, 0.2) is 0 Å². The quantitative estimate of drug-likeness (QED) is 0.906. The van der Waals surface area contributed by atoms with Crippen molar-refractivity contribution in [3.63, 3.8) is 0 Å². The molecule has 2 aromatic rings. The van der Waals surface area contributed by atoms with Crippen molar-refractivity contribution in [3.05, 3.63) is 57.6 Å². The summed E-state index contributed by atoms with van der Waals surface area (Å²) >= 11 is 11.7. The number of nitrogens with one attached hydrogen (secondary N) is 1. The minimum atomic E-state index is -3.71. The predicted molar refractivity (Wildman–Crippen MR) is 83.2 cm³/mol. The minimum absolute atomic E-state index is 0.0370. The first-order valence-corrected chi connectivity index (χ1v) is 8.08. The average Bonchev–Trinajstić information content (AvgIpc) is 2.31. The van der Waals surface area contributed by atoms with Crippen LogP contribution >= 0.6 is 23.2 Å². The van der Waals surface area contributed by atoms with E-state index in [-0.39, 0.29) is 14.9 Å². The van der Waals surface area contributed by atoms with E-state index in [1.165, 1.54) is 18.2 Å². The van der Waals surface area contributed by atoms with Gasteiger partial charge in [-0.2, -0.15) is 0 Å². The van der Waals surface area contributed by atoms with E-state index in [1.54, 1.807) is 6.07 Å². The zero-order valence-electron chi connectivity index (χ0n) is 10.9. The molecule has 0 aliphatic rings. The van der Waals surface area contributed by atoms with Crippen molar-refractivity contribution in [1.82, 2.24) is 0 Å². The molecule has 0 saturated heterocycles. The van der Waals surface area contributed by atoms with Gasteiger partial charge in [-0.3, -0.25) is 4.72 Å². The number of sulfonamides is 1. The zero-order valence-corrected chi connectivity index (χ0v) is 13.3. The van der Waals surface area contributed by atoms with Crippen LogP contribution in [0.1, 0.15) is 11.1 Å². The second kappa shape index (κ2) is 5.64. The molecule has 2 rings (SSSR count). The molecular weight excluding hydrogens is 317 g/mol. The SMILES string of the molecule is Cc1ccc(NS(=O)(=O)c2cc(Cl)cc(Cl)c2)c(C)c1. The standard InChI is InChI=1S/C14H13Cl2NO2S/c1-9-3-4-14(10(2)5-9)17-20(18,19)13-7-11(15)6-12(16)8-13/h3-8,17H,1-2H3. The molecule has 0 spiro atoms. The normalized spacial score (nSPS) is 11.4. The molecule has 0 radical (unpaired) electrons. The summed E-state index contributed by atoms with van der Waals surface area (Å²) in [5, 5.41) is 0.553. The summed E-state index contributed by atoms with van der Waals surface area (Å²) in [5.41, 5.74) is 2.45. The van der Waals surface area contributed by atoms with Crippen molar-refractivity contribution >= 4 is 38.9 Å². The van der Waals surface area contributed by atoms with Gasteiger partial charge in [-0.1, -0.05) is 40.9 Å². The van der Waals surface area contributed by atoms with Crippen molar-refractivity contribution in [1.29, 1.82) is 0 Å². The Kier molecular flexibility index (Phi) is 4.28. The van der Waals surface area contributed by atoms with Gasteiger partial charge in [-0.05, 0) is 43.7 Å². The number of hydrogen-bond donors (Lipinski definition) is 1. The minimum Gasteiger partial charge on any atom is -0.279 e. The third kappa shape index (κ3) is 3.45. The first kappa shape index (κ1) is 15.2. The van der Waals surface area contributed by atoms with E-state index >= 15 is 0 Å². The molecule has 0 heterocycles. The van der Waals surface area contributed by atoms with Crippen LogP contribution in [-0.2, 0) is 10.0 Å². The van der Waals surface area contributed by atoms with Gasteiger partial charge in [0.2, 0.25) is 0 Å². The lowest BCUT2D eigenvalue weighted by Gasteiger charge is -2.11. The van der Waals surface area contributed by atoms with Gasteiger partial charge >= 0.3 is 0 Å². The van der Waals surface area contributed by atoms with Gasteiger partial charge < -0.3 is 0 Å². The maximum atomic E-state index is 12.3. The van der Waals surface area contributed by atoms with Crippen LogP contribution in [0, 0.1) is 13.8 Å². The summed E-state index contributed by atoms with van der Waals surface area (Å²) in [7, 11) is -3.71. The van der Waals surface area contributed by atoms with Crippen molar-refractivity contribution in [3.8, 4) is 0 Å². The lowest BCUT2D eigenvalue weighted by molar-refractivity contribution is 0.601. The highest BCUT2D eigenvalue weighted by Crippen LogP contribution is 2.25. The summed E-state index contributed by atoms with van der Waals surface area (Å²) in [5.74, 6) is 0. The Morgan fingerprint density at radius 3 is 2.10 bits per heavy atom. The molecule has 0 unspecified atom stereocenters. The van der Waals surface area contributed by atoms with E-state index in [4.69, 9.17) is 23.2 Å². The Morgan fingerprint density at radius 2 is 1.55 bits per heavy atom. The highest BCUT2D eigenvalue weighted by molar-refractivity contribution is 7.92. The molecule has 0 aromatic heterocycles. The fourth-order valence-corrected chi connectivity index (χ4v) is 3.67. The zero-order chi connectivity index (χ0) is 14.9.